The number of carbonyl (C=O) groups is 2. The van der Waals surface area contributed by atoms with Gasteiger partial charge in [0.15, 0.2) is 0 Å². The summed E-state index contributed by atoms with van der Waals surface area (Å²) in [5, 5.41) is 7.00. The Morgan fingerprint density at radius 3 is 2.68 bits per heavy atom. The van der Waals surface area contributed by atoms with Crippen molar-refractivity contribution in [3.05, 3.63) is 66.1 Å². The molecule has 4 rings (SSSR count). The lowest BCUT2D eigenvalue weighted by atomic mass is 9.97. The van der Waals surface area contributed by atoms with Crippen molar-refractivity contribution in [2.24, 2.45) is 5.92 Å². The second-order valence-electron chi connectivity index (χ2n) is 7.51. The van der Waals surface area contributed by atoms with Crippen molar-refractivity contribution in [3.63, 3.8) is 0 Å². The minimum Gasteiger partial charge on any atom is -0.465 e. The maximum Gasteiger partial charge on any atom is 0.337 e. The average Bonchev–Trinajstić information content (AvgIpc) is 3.28. The van der Waals surface area contributed by atoms with Gasteiger partial charge in [-0.25, -0.2) is 4.79 Å². The van der Waals surface area contributed by atoms with Crippen LogP contribution >= 0.6 is 0 Å². The molecule has 1 unspecified atom stereocenters. The molecule has 0 saturated carbocycles. The van der Waals surface area contributed by atoms with Gasteiger partial charge in [-0.1, -0.05) is 35.5 Å². The van der Waals surface area contributed by atoms with E-state index in [0.29, 0.717) is 36.1 Å². The third-order valence-electron chi connectivity index (χ3n) is 5.31. The summed E-state index contributed by atoms with van der Waals surface area (Å²) in [6.45, 7) is 2.01. The molecule has 8 nitrogen and oxygen atoms in total. The van der Waals surface area contributed by atoms with E-state index in [4.69, 9.17) is 9.26 Å². The van der Waals surface area contributed by atoms with Crippen LogP contribution in [0.15, 0.2) is 59.1 Å². The van der Waals surface area contributed by atoms with Gasteiger partial charge in [0.25, 0.3) is 0 Å². The van der Waals surface area contributed by atoms with Crippen LogP contribution in [0.25, 0.3) is 11.4 Å². The number of rotatable bonds is 6. The number of hydrogen-bond acceptors (Lipinski definition) is 7. The van der Waals surface area contributed by atoms with Crippen molar-refractivity contribution in [3.8, 4) is 11.4 Å². The van der Waals surface area contributed by atoms with Gasteiger partial charge in [-0.05, 0) is 43.7 Å². The molecule has 3 aromatic rings. The predicted molar refractivity (Wildman–Crippen MR) is 114 cm³/mol. The predicted octanol–water partition coefficient (Wildman–Crippen LogP) is 3.37. The number of amides is 1. The summed E-state index contributed by atoms with van der Waals surface area (Å²) in [5.41, 5.74) is 2.00. The normalized spacial score (nSPS) is 16.6. The maximum atomic E-state index is 12.7. The van der Waals surface area contributed by atoms with Gasteiger partial charge in [0.05, 0.1) is 25.1 Å². The SMILES string of the molecule is COC(=O)c1ccc(NC(=O)C2CCCN(Cc3nc(-c4ccccc4)no3)C2)cc1. The zero-order valence-corrected chi connectivity index (χ0v) is 17.3. The lowest BCUT2D eigenvalue weighted by Gasteiger charge is -2.30. The first-order chi connectivity index (χ1) is 15.1. The van der Waals surface area contributed by atoms with Gasteiger partial charge in [0.2, 0.25) is 17.6 Å². The molecule has 8 heteroatoms. The fourth-order valence-corrected chi connectivity index (χ4v) is 3.68. The number of benzene rings is 2. The first-order valence-electron chi connectivity index (χ1n) is 10.2. The lowest BCUT2D eigenvalue weighted by molar-refractivity contribution is -0.121. The molecule has 1 aliphatic rings. The molecule has 0 aliphatic carbocycles. The van der Waals surface area contributed by atoms with E-state index in [0.717, 1.165) is 24.9 Å². The number of aromatic nitrogens is 2. The summed E-state index contributed by atoms with van der Waals surface area (Å²) in [7, 11) is 1.34. The quantitative estimate of drug-likeness (QED) is 0.611. The molecular weight excluding hydrogens is 396 g/mol. The Bertz CT molecular complexity index is 1030. The highest BCUT2D eigenvalue weighted by Gasteiger charge is 2.27. The molecular formula is C23H24N4O4. The third kappa shape index (κ3) is 5.16. The molecule has 31 heavy (non-hydrogen) atoms. The first kappa shape index (κ1) is 20.7. The highest BCUT2D eigenvalue weighted by atomic mass is 16.5. The van der Waals surface area contributed by atoms with Gasteiger partial charge in [-0.15, -0.1) is 0 Å². The third-order valence-corrected chi connectivity index (χ3v) is 5.31. The van der Waals surface area contributed by atoms with E-state index in [2.05, 4.69) is 20.4 Å². The number of ether oxygens (including phenoxy) is 1. The standard InChI is InChI=1S/C23H24N4O4/c1-30-23(29)17-9-11-19(12-10-17)24-22(28)18-8-5-13-27(14-18)15-20-25-21(26-31-20)16-6-3-2-4-7-16/h2-4,6-7,9-12,18H,5,8,13-15H2,1H3,(H,24,28). The van der Waals surface area contributed by atoms with Gasteiger partial charge in [-0.3, -0.25) is 9.69 Å². The van der Waals surface area contributed by atoms with Crippen molar-refractivity contribution < 1.29 is 18.8 Å². The van der Waals surface area contributed by atoms with Crippen LogP contribution < -0.4 is 5.32 Å². The topological polar surface area (TPSA) is 97.6 Å². The Morgan fingerprint density at radius 2 is 1.94 bits per heavy atom. The Kier molecular flexibility index (Phi) is 6.37. The Hall–Kier alpha value is -3.52. The largest absolute Gasteiger partial charge is 0.465 e. The molecule has 1 amide bonds. The highest BCUT2D eigenvalue weighted by Crippen LogP contribution is 2.22. The Morgan fingerprint density at radius 1 is 1.16 bits per heavy atom. The second kappa shape index (κ2) is 9.53. The maximum absolute atomic E-state index is 12.7. The molecule has 1 fully saturated rings. The zero-order valence-electron chi connectivity index (χ0n) is 17.3. The highest BCUT2D eigenvalue weighted by molar-refractivity contribution is 5.94. The number of esters is 1. The first-order valence-corrected chi connectivity index (χ1v) is 10.2. The molecule has 0 bridgehead atoms. The van der Waals surface area contributed by atoms with Crippen LogP contribution in [0.2, 0.25) is 0 Å². The molecule has 2 heterocycles. The summed E-state index contributed by atoms with van der Waals surface area (Å²) < 4.78 is 10.1. The number of piperidine rings is 1. The fraction of sp³-hybridized carbons (Fsp3) is 0.304. The van der Waals surface area contributed by atoms with Crippen LogP contribution in [0.1, 0.15) is 29.1 Å². The summed E-state index contributed by atoms with van der Waals surface area (Å²) in [4.78, 5) is 30.9. The molecule has 1 atom stereocenters. The van der Waals surface area contributed by atoms with Gasteiger partial charge < -0.3 is 14.6 Å². The fourth-order valence-electron chi connectivity index (χ4n) is 3.68. The van der Waals surface area contributed by atoms with E-state index in [9.17, 15) is 9.59 Å². The molecule has 2 aromatic carbocycles. The van der Waals surface area contributed by atoms with E-state index < -0.39 is 5.97 Å². The number of likely N-dealkylation sites (tertiary alicyclic amines) is 1. The van der Waals surface area contributed by atoms with Crippen LogP contribution in [0.3, 0.4) is 0 Å². The van der Waals surface area contributed by atoms with Gasteiger partial charge in [-0.2, -0.15) is 4.98 Å². The van der Waals surface area contributed by atoms with E-state index in [1.807, 2.05) is 30.3 Å². The average molecular weight is 420 g/mol. The summed E-state index contributed by atoms with van der Waals surface area (Å²) in [6, 6.07) is 16.4. The molecule has 0 spiro atoms. The second-order valence-corrected chi connectivity index (χ2v) is 7.51. The van der Waals surface area contributed by atoms with Crippen molar-refractivity contribution >= 4 is 17.6 Å². The summed E-state index contributed by atoms with van der Waals surface area (Å²) in [5.74, 6) is 0.532. The molecule has 1 saturated heterocycles. The van der Waals surface area contributed by atoms with Crippen molar-refractivity contribution in [1.82, 2.24) is 15.0 Å². The van der Waals surface area contributed by atoms with E-state index in [1.165, 1.54) is 7.11 Å². The monoisotopic (exact) mass is 420 g/mol. The smallest absolute Gasteiger partial charge is 0.337 e. The van der Waals surface area contributed by atoms with Crippen molar-refractivity contribution in [2.75, 3.05) is 25.5 Å². The number of nitrogens with one attached hydrogen (secondary N) is 1. The van der Waals surface area contributed by atoms with Crippen LogP contribution in [0.4, 0.5) is 5.69 Å². The molecule has 1 aliphatic heterocycles. The molecule has 0 radical (unpaired) electrons. The van der Waals surface area contributed by atoms with E-state index >= 15 is 0 Å². The van der Waals surface area contributed by atoms with Crippen LogP contribution in [-0.4, -0.2) is 47.1 Å². The minimum absolute atomic E-state index is 0.0361. The number of carbonyl (C=O) groups excluding carboxylic acids is 2. The van der Waals surface area contributed by atoms with Crippen LogP contribution in [0, 0.1) is 5.92 Å². The van der Waals surface area contributed by atoms with Crippen LogP contribution in [0.5, 0.6) is 0 Å². The lowest BCUT2D eigenvalue weighted by Crippen LogP contribution is -2.40. The van der Waals surface area contributed by atoms with E-state index in [1.54, 1.807) is 24.3 Å². The molecule has 160 valence electrons. The summed E-state index contributed by atoms with van der Waals surface area (Å²) >= 11 is 0. The number of anilines is 1. The molecule has 1 aromatic heterocycles. The van der Waals surface area contributed by atoms with Crippen LogP contribution in [-0.2, 0) is 16.1 Å². The van der Waals surface area contributed by atoms with Crippen molar-refractivity contribution in [2.45, 2.75) is 19.4 Å². The summed E-state index contributed by atoms with van der Waals surface area (Å²) in [6.07, 6.45) is 1.74. The number of nitrogens with zero attached hydrogens (tertiary/aromatic N) is 3. The minimum atomic E-state index is -0.405. The van der Waals surface area contributed by atoms with Gasteiger partial charge in [0, 0.05) is 17.8 Å². The molecule has 1 N–H and O–H groups in total. The Labute approximate surface area is 180 Å². The van der Waals surface area contributed by atoms with Gasteiger partial charge in [0.1, 0.15) is 0 Å². The zero-order chi connectivity index (χ0) is 21.6. The van der Waals surface area contributed by atoms with E-state index in [-0.39, 0.29) is 11.8 Å². The van der Waals surface area contributed by atoms with Crippen molar-refractivity contribution in [1.29, 1.82) is 0 Å². The van der Waals surface area contributed by atoms with Gasteiger partial charge >= 0.3 is 5.97 Å². The Balaban J connectivity index is 1.33. The number of methoxy groups -OCH3 is 1. The number of hydrogen-bond donors (Lipinski definition) is 1.